The van der Waals surface area contributed by atoms with E-state index < -0.39 is 43.2 Å². The third kappa shape index (κ3) is 2.85. The number of methoxy groups -OCH3 is 1. The van der Waals surface area contributed by atoms with Crippen molar-refractivity contribution in [2.75, 3.05) is 20.3 Å². The molecule has 0 bridgehead atoms. The van der Waals surface area contributed by atoms with Crippen molar-refractivity contribution in [3.63, 3.8) is 0 Å². The maximum Gasteiger partial charge on any atom is 0.222 e. The molecule has 18 heavy (non-hydrogen) atoms. The van der Waals surface area contributed by atoms with Gasteiger partial charge in [-0.3, -0.25) is 9.79 Å². The van der Waals surface area contributed by atoms with Crippen molar-refractivity contribution in [3.8, 4) is 0 Å². The van der Waals surface area contributed by atoms with Gasteiger partial charge >= 0.3 is 0 Å². The number of aliphatic hydroxyl groups is 3. The lowest BCUT2D eigenvalue weighted by Gasteiger charge is -2.27. The van der Waals surface area contributed by atoms with Crippen molar-refractivity contribution in [1.82, 2.24) is 0 Å². The van der Waals surface area contributed by atoms with Crippen molar-refractivity contribution in [3.05, 3.63) is 0 Å². The molecule has 1 fully saturated rings. The number of hydrogen-bond donors (Lipinski definition) is 4. The first-order valence-corrected chi connectivity index (χ1v) is 5.41. The van der Waals surface area contributed by atoms with Crippen molar-refractivity contribution in [2.24, 2.45) is 10.7 Å². The lowest BCUT2D eigenvalue weighted by molar-refractivity contribution is -0.134. The predicted octanol–water partition coefficient (Wildman–Crippen LogP) is -2.61. The van der Waals surface area contributed by atoms with Crippen LogP contribution in [0, 0.1) is 0 Å². The molecule has 8 nitrogen and oxygen atoms in total. The van der Waals surface area contributed by atoms with Crippen molar-refractivity contribution >= 4 is 12.1 Å². The van der Waals surface area contributed by atoms with Crippen LogP contribution in [0.3, 0.4) is 0 Å². The number of aliphatic hydroxyl groups excluding tert-OH is 3. The summed E-state index contributed by atoms with van der Waals surface area (Å²) in [5.41, 5.74) is 3.43. The topological polar surface area (TPSA) is 135 Å². The molecule has 1 aliphatic heterocycles. The third-order valence-electron chi connectivity index (χ3n) is 2.84. The molecule has 0 aliphatic carbocycles. The molecule has 0 aromatic heterocycles. The number of ether oxygens (including phenoxy) is 2. The van der Waals surface area contributed by atoms with Crippen LogP contribution in [0.1, 0.15) is 6.42 Å². The van der Waals surface area contributed by atoms with Gasteiger partial charge in [0, 0.05) is 13.3 Å². The summed E-state index contributed by atoms with van der Waals surface area (Å²) in [7, 11) is 1.35. The second-order valence-electron chi connectivity index (χ2n) is 4.04. The first-order valence-electron chi connectivity index (χ1n) is 5.41. The number of carbonyl (C=O) groups excluding carboxylic acids is 1. The minimum absolute atomic E-state index is 0.0718. The molecule has 5 N–H and O–H groups in total. The smallest absolute Gasteiger partial charge is 0.222 e. The Morgan fingerprint density at radius 1 is 1.56 bits per heavy atom. The Kier molecular flexibility index (Phi) is 5.17. The fraction of sp³-hybridized carbons (Fsp3) is 0.800. The van der Waals surface area contributed by atoms with Crippen LogP contribution < -0.4 is 5.73 Å². The van der Waals surface area contributed by atoms with Gasteiger partial charge in [-0.05, 0) is 0 Å². The van der Waals surface area contributed by atoms with Gasteiger partial charge in [-0.1, -0.05) is 0 Å². The van der Waals surface area contributed by atoms with Gasteiger partial charge in [-0.15, -0.1) is 0 Å². The molecule has 0 radical (unpaired) electrons. The van der Waals surface area contributed by atoms with Crippen LogP contribution in [-0.2, 0) is 14.3 Å². The second-order valence-corrected chi connectivity index (χ2v) is 4.04. The van der Waals surface area contributed by atoms with Crippen molar-refractivity contribution in [1.29, 1.82) is 0 Å². The molecule has 0 aromatic carbocycles. The number of hydrogen-bond acceptors (Lipinski definition) is 7. The van der Waals surface area contributed by atoms with E-state index in [1.165, 1.54) is 13.3 Å². The molecule has 3 atom stereocenters. The molecule has 104 valence electrons. The summed E-state index contributed by atoms with van der Waals surface area (Å²) >= 11 is 0. The van der Waals surface area contributed by atoms with Crippen LogP contribution >= 0.6 is 0 Å². The number of amides is 1. The monoisotopic (exact) mass is 262 g/mol. The van der Waals surface area contributed by atoms with Crippen LogP contribution in [0.15, 0.2) is 4.99 Å². The summed E-state index contributed by atoms with van der Waals surface area (Å²) < 4.78 is 10.3. The Labute approximate surface area is 104 Å². The first-order chi connectivity index (χ1) is 8.50. The highest BCUT2D eigenvalue weighted by Gasteiger charge is 2.54. The summed E-state index contributed by atoms with van der Waals surface area (Å²) in [5, 5.41) is 28.4. The molecule has 1 rings (SSSR count). The molecule has 1 amide bonds. The standard InChI is InChI=1S/C10H18N2O6/c1-17-7-8(16)10(4-13,5-14)18-9(7)12-3-2-6(11)15/h3,7-9,13-14,16H,2,4-5H2,1H3,(H2,11,15). The molecule has 1 heterocycles. The summed E-state index contributed by atoms with van der Waals surface area (Å²) in [6.45, 7) is -1.15. The van der Waals surface area contributed by atoms with Crippen molar-refractivity contribution < 1.29 is 29.6 Å². The SMILES string of the molecule is COC1C(N=CCC(N)=O)OC(CO)(CO)C1O. The van der Waals surface area contributed by atoms with E-state index in [0.29, 0.717) is 0 Å². The van der Waals surface area contributed by atoms with E-state index in [1.54, 1.807) is 0 Å². The minimum Gasteiger partial charge on any atom is -0.393 e. The second kappa shape index (κ2) is 6.21. The number of carbonyl (C=O) groups is 1. The molecule has 0 spiro atoms. The molecule has 8 heteroatoms. The average Bonchev–Trinajstić information content (AvgIpc) is 2.62. The Morgan fingerprint density at radius 2 is 2.17 bits per heavy atom. The number of nitrogens with zero attached hydrogens (tertiary/aromatic N) is 1. The fourth-order valence-electron chi connectivity index (χ4n) is 1.75. The summed E-state index contributed by atoms with van der Waals surface area (Å²) in [6, 6.07) is 0. The zero-order chi connectivity index (χ0) is 13.8. The van der Waals surface area contributed by atoms with Crippen LogP contribution in [-0.4, -0.2) is 71.8 Å². The van der Waals surface area contributed by atoms with Gasteiger partial charge < -0.3 is 30.5 Å². The number of nitrogens with two attached hydrogens (primary N) is 1. The fourth-order valence-corrected chi connectivity index (χ4v) is 1.75. The summed E-state index contributed by atoms with van der Waals surface area (Å²) in [6.07, 6.45) is -1.81. The number of primary amides is 1. The molecule has 3 unspecified atom stereocenters. The van der Waals surface area contributed by atoms with Crippen LogP contribution in [0.5, 0.6) is 0 Å². The van der Waals surface area contributed by atoms with Gasteiger partial charge in [-0.2, -0.15) is 0 Å². The quantitative estimate of drug-likeness (QED) is 0.387. The van der Waals surface area contributed by atoms with E-state index in [9.17, 15) is 20.1 Å². The van der Waals surface area contributed by atoms with E-state index in [-0.39, 0.29) is 6.42 Å². The third-order valence-corrected chi connectivity index (χ3v) is 2.84. The normalized spacial score (nSPS) is 31.0. The van der Waals surface area contributed by atoms with Gasteiger partial charge in [0.2, 0.25) is 5.91 Å². The molecule has 1 saturated heterocycles. The van der Waals surface area contributed by atoms with Crippen LogP contribution in [0.2, 0.25) is 0 Å². The Balaban J connectivity index is 2.80. The summed E-state index contributed by atoms with van der Waals surface area (Å²) in [4.78, 5) is 14.5. The van der Waals surface area contributed by atoms with Crippen molar-refractivity contribution in [2.45, 2.75) is 30.5 Å². The van der Waals surface area contributed by atoms with Gasteiger partial charge in [0.25, 0.3) is 0 Å². The van der Waals surface area contributed by atoms with Crippen LogP contribution in [0.4, 0.5) is 0 Å². The molecular formula is C10H18N2O6. The van der Waals surface area contributed by atoms with Gasteiger partial charge in [0.05, 0.1) is 19.6 Å². The van der Waals surface area contributed by atoms with Crippen LogP contribution in [0.25, 0.3) is 0 Å². The van der Waals surface area contributed by atoms with Gasteiger partial charge in [0.1, 0.15) is 17.8 Å². The first kappa shape index (κ1) is 15.0. The van der Waals surface area contributed by atoms with E-state index in [1.807, 2.05) is 0 Å². The van der Waals surface area contributed by atoms with Gasteiger partial charge in [-0.25, -0.2) is 0 Å². The van der Waals surface area contributed by atoms with E-state index >= 15 is 0 Å². The highest BCUT2D eigenvalue weighted by molar-refractivity contribution is 5.88. The summed E-state index contributed by atoms with van der Waals surface area (Å²) in [5.74, 6) is -0.554. The lowest BCUT2D eigenvalue weighted by atomic mass is 9.97. The van der Waals surface area contributed by atoms with E-state index in [0.717, 1.165) is 0 Å². The molecule has 1 aliphatic rings. The zero-order valence-electron chi connectivity index (χ0n) is 10.0. The van der Waals surface area contributed by atoms with E-state index in [4.69, 9.17) is 15.2 Å². The Morgan fingerprint density at radius 3 is 2.61 bits per heavy atom. The molecule has 0 aromatic rings. The Hall–Kier alpha value is -1.06. The predicted molar refractivity (Wildman–Crippen MR) is 60.9 cm³/mol. The zero-order valence-corrected chi connectivity index (χ0v) is 10.0. The Bertz CT molecular complexity index is 317. The van der Waals surface area contributed by atoms with E-state index in [2.05, 4.69) is 4.99 Å². The minimum atomic E-state index is -1.52. The van der Waals surface area contributed by atoms with Gasteiger partial charge in [0.15, 0.2) is 6.23 Å². The number of rotatable bonds is 6. The lowest BCUT2D eigenvalue weighted by Crippen LogP contribution is -2.49. The highest BCUT2D eigenvalue weighted by atomic mass is 16.6. The average molecular weight is 262 g/mol. The highest BCUT2D eigenvalue weighted by Crippen LogP contribution is 2.32. The maximum atomic E-state index is 10.6. The maximum absolute atomic E-state index is 10.6. The molecular weight excluding hydrogens is 244 g/mol. The molecule has 0 saturated carbocycles. The largest absolute Gasteiger partial charge is 0.393 e. The number of aliphatic imine (C=N–C) groups is 1.